The highest BCUT2D eigenvalue weighted by Crippen LogP contribution is 2.18. The second-order valence-corrected chi connectivity index (χ2v) is 8.67. The molecule has 6 nitrogen and oxygen atoms in total. The average molecular weight is 483 g/mol. The second-order valence-electron chi connectivity index (χ2n) is 8.67. The summed E-state index contributed by atoms with van der Waals surface area (Å²) in [6.07, 6.45) is 8.17. The Morgan fingerprint density at radius 2 is 1.23 bits per heavy atom. The van der Waals surface area contributed by atoms with Gasteiger partial charge in [-0.15, -0.1) is 0 Å². The van der Waals surface area contributed by atoms with Gasteiger partial charge >= 0.3 is 11.9 Å². The van der Waals surface area contributed by atoms with E-state index in [0.29, 0.717) is 24.3 Å². The minimum absolute atomic E-state index is 0.0760. The molecule has 0 N–H and O–H groups in total. The molecule has 35 heavy (non-hydrogen) atoms. The van der Waals surface area contributed by atoms with E-state index >= 15 is 0 Å². The zero-order chi connectivity index (χ0) is 25.5. The van der Waals surface area contributed by atoms with E-state index in [0.717, 1.165) is 44.3 Å². The van der Waals surface area contributed by atoms with Crippen LogP contribution in [0.5, 0.6) is 11.5 Å². The molecular weight excluding hydrogens is 444 g/mol. The van der Waals surface area contributed by atoms with Crippen LogP contribution in [0.15, 0.2) is 48.5 Å². The molecule has 0 aliphatic heterocycles. The normalized spacial score (nSPS) is 11.5. The second kappa shape index (κ2) is 15.7. The molecule has 0 aliphatic carbocycles. The average Bonchev–Trinajstić information content (AvgIpc) is 2.87. The van der Waals surface area contributed by atoms with Crippen molar-refractivity contribution >= 4 is 17.7 Å². The number of unbranched alkanes of at least 4 members (excludes halogenated alkanes) is 6. The fourth-order valence-corrected chi connectivity index (χ4v) is 3.45. The van der Waals surface area contributed by atoms with Crippen molar-refractivity contribution in [2.24, 2.45) is 0 Å². The lowest BCUT2D eigenvalue weighted by Crippen LogP contribution is -2.24. The predicted octanol–water partition coefficient (Wildman–Crippen LogP) is 6.95. The topological polar surface area (TPSA) is 78.9 Å². The van der Waals surface area contributed by atoms with E-state index < -0.39 is 18.0 Å². The van der Waals surface area contributed by atoms with Crippen LogP contribution in [0.3, 0.4) is 0 Å². The molecule has 2 aromatic carbocycles. The van der Waals surface area contributed by atoms with Gasteiger partial charge in [-0.1, -0.05) is 52.4 Å². The Balaban J connectivity index is 1.80. The van der Waals surface area contributed by atoms with Crippen LogP contribution in [0.25, 0.3) is 0 Å². The number of carbonyl (C=O) groups excluding carboxylic acids is 3. The van der Waals surface area contributed by atoms with Gasteiger partial charge in [-0.25, -0.2) is 9.59 Å². The number of Topliss-reactive ketones (excluding diaryl/α,β-unsaturated/α-hetero) is 1. The molecule has 0 saturated heterocycles. The Labute approximate surface area is 209 Å². The van der Waals surface area contributed by atoms with E-state index in [2.05, 4.69) is 13.8 Å². The molecule has 2 aromatic rings. The van der Waals surface area contributed by atoms with E-state index in [1.165, 1.54) is 37.1 Å². The maximum Gasteiger partial charge on any atom is 0.343 e. The first-order valence-corrected chi connectivity index (χ1v) is 12.7. The standard InChI is InChI=1S/C29H38O6/c1-4-6-8-10-12-27(30)22(3)34-28(31)23-15-19-26(20-16-23)35-29(32)24-13-17-25(18-14-24)33-21-11-9-7-5-2/h13-20,22H,4-12,21H2,1-3H3. The molecule has 6 heteroatoms. The number of esters is 2. The van der Waals surface area contributed by atoms with Gasteiger partial charge in [0.05, 0.1) is 17.7 Å². The summed E-state index contributed by atoms with van der Waals surface area (Å²) >= 11 is 0. The maximum absolute atomic E-state index is 12.4. The zero-order valence-electron chi connectivity index (χ0n) is 21.2. The van der Waals surface area contributed by atoms with Crippen molar-refractivity contribution in [2.75, 3.05) is 6.61 Å². The van der Waals surface area contributed by atoms with Crippen LogP contribution in [-0.2, 0) is 9.53 Å². The highest BCUT2D eigenvalue weighted by atomic mass is 16.5. The third-order valence-electron chi connectivity index (χ3n) is 5.67. The molecule has 0 radical (unpaired) electrons. The zero-order valence-corrected chi connectivity index (χ0v) is 21.2. The van der Waals surface area contributed by atoms with Gasteiger partial charge in [0.2, 0.25) is 0 Å². The highest BCUT2D eigenvalue weighted by molar-refractivity contribution is 5.93. The molecule has 0 aromatic heterocycles. The fourth-order valence-electron chi connectivity index (χ4n) is 3.45. The maximum atomic E-state index is 12.4. The van der Waals surface area contributed by atoms with Gasteiger partial charge in [0.15, 0.2) is 11.9 Å². The van der Waals surface area contributed by atoms with E-state index in [9.17, 15) is 14.4 Å². The molecule has 0 aliphatic rings. The summed E-state index contributed by atoms with van der Waals surface area (Å²) in [6.45, 7) is 6.54. The molecule has 0 spiro atoms. The highest BCUT2D eigenvalue weighted by Gasteiger charge is 2.19. The van der Waals surface area contributed by atoms with Crippen LogP contribution >= 0.6 is 0 Å². The van der Waals surface area contributed by atoms with Gasteiger partial charge in [0.25, 0.3) is 0 Å². The van der Waals surface area contributed by atoms with Gasteiger partial charge < -0.3 is 14.2 Å². The van der Waals surface area contributed by atoms with Crippen LogP contribution in [-0.4, -0.2) is 30.4 Å². The van der Waals surface area contributed by atoms with Crippen molar-refractivity contribution in [3.8, 4) is 11.5 Å². The first-order valence-electron chi connectivity index (χ1n) is 12.7. The molecule has 1 unspecified atom stereocenters. The fraction of sp³-hybridized carbons (Fsp3) is 0.483. The van der Waals surface area contributed by atoms with Gasteiger partial charge in [-0.2, -0.15) is 0 Å². The molecule has 0 saturated carbocycles. The summed E-state index contributed by atoms with van der Waals surface area (Å²) in [5.74, 6) is -0.134. The SMILES string of the molecule is CCCCCCOc1ccc(C(=O)Oc2ccc(C(=O)OC(C)C(=O)CCCCCC)cc2)cc1. The number of benzene rings is 2. The van der Waals surface area contributed by atoms with Crippen LogP contribution in [0.4, 0.5) is 0 Å². The van der Waals surface area contributed by atoms with Crippen molar-refractivity contribution < 1.29 is 28.6 Å². The Hall–Kier alpha value is -3.15. The molecule has 2 rings (SSSR count). The molecule has 0 amide bonds. The van der Waals surface area contributed by atoms with Gasteiger partial charge in [-0.05, 0) is 68.3 Å². The van der Waals surface area contributed by atoms with E-state index in [1.807, 2.05) is 0 Å². The molecule has 190 valence electrons. The molecular formula is C29H38O6. The summed E-state index contributed by atoms with van der Waals surface area (Å²) in [5, 5.41) is 0. The van der Waals surface area contributed by atoms with E-state index in [4.69, 9.17) is 14.2 Å². The summed E-state index contributed by atoms with van der Waals surface area (Å²) in [5.41, 5.74) is 0.689. The number of hydrogen-bond acceptors (Lipinski definition) is 6. The Kier molecular flexibility index (Phi) is 12.6. The monoisotopic (exact) mass is 482 g/mol. The van der Waals surface area contributed by atoms with Crippen LogP contribution in [0.1, 0.15) is 99.3 Å². The number of ketones is 1. The summed E-state index contributed by atoms with van der Waals surface area (Å²) in [7, 11) is 0. The van der Waals surface area contributed by atoms with Crippen LogP contribution in [0, 0.1) is 0 Å². The quantitative estimate of drug-likeness (QED) is 0.146. The van der Waals surface area contributed by atoms with E-state index in [1.54, 1.807) is 31.2 Å². The summed E-state index contributed by atoms with van der Waals surface area (Å²) in [4.78, 5) is 36.9. The number of hydrogen-bond donors (Lipinski definition) is 0. The minimum atomic E-state index is -0.787. The smallest absolute Gasteiger partial charge is 0.343 e. The van der Waals surface area contributed by atoms with Crippen molar-refractivity contribution in [1.29, 1.82) is 0 Å². The van der Waals surface area contributed by atoms with Gasteiger partial charge in [0, 0.05) is 6.42 Å². The van der Waals surface area contributed by atoms with Crippen molar-refractivity contribution in [3.63, 3.8) is 0 Å². The lowest BCUT2D eigenvalue weighted by molar-refractivity contribution is -0.127. The third kappa shape index (κ3) is 10.3. The minimum Gasteiger partial charge on any atom is -0.494 e. The largest absolute Gasteiger partial charge is 0.494 e. The van der Waals surface area contributed by atoms with Crippen molar-refractivity contribution in [3.05, 3.63) is 59.7 Å². The van der Waals surface area contributed by atoms with Crippen molar-refractivity contribution in [1.82, 2.24) is 0 Å². The Morgan fingerprint density at radius 3 is 1.83 bits per heavy atom. The van der Waals surface area contributed by atoms with Gasteiger partial charge in [0.1, 0.15) is 11.5 Å². The Morgan fingerprint density at radius 1 is 0.686 bits per heavy atom. The van der Waals surface area contributed by atoms with E-state index in [-0.39, 0.29) is 11.3 Å². The molecule has 0 fully saturated rings. The number of carbonyl (C=O) groups is 3. The molecule has 0 heterocycles. The third-order valence-corrected chi connectivity index (χ3v) is 5.67. The van der Waals surface area contributed by atoms with Gasteiger partial charge in [-0.3, -0.25) is 4.79 Å². The molecule has 0 bridgehead atoms. The number of rotatable bonds is 16. The Bertz CT molecular complexity index is 917. The predicted molar refractivity (Wildman–Crippen MR) is 136 cm³/mol. The van der Waals surface area contributed by atoms with Crippen molar-refractivity contribution in [2.45, 2.75) is 84.7 Å². The summed E-state index contributed by atoms with van der Waals surface area (Å²) < 4.78 is 16.4. The van der Waals surface area contributed by atoms with Crippen LogP contribution < -0.4 is 9.47 Å². The van der Waals surface area contributed by atoms with Crippen LogP contribution in [0.2, 0.25) is 0 Å². The summed E-state index contributed by atoms with van der Waals surface area (Å²) in [6, 6.07) is 12.9. The lowest BCUT2D eigenvalue weighted by Gasteiger charge is -2.12. The lowest BCUT2D eigenvalue weighted by atomic mass is 10.1. The number of ether oxygens (including phenoxy) is 3. The first-order chi connectivity index (χ1) is 16.9. The molecule has 1 atom stereocenters. The first kappa shape index (κ1) is 28.1.